The van der Waals surface area contributed by atoms with Crippen LogP contribution in [0.5, 0.6) is 5.75 Å². The van der Waals surface area contributed by atoms with Crippen molar-refractivity contribution in [1.82, 2.24) is 14.6 Å². The lowest BCUT2D eigenvalue weighted by molar-refractivity contribution is -0.0817. The fourth-order valence-electron chi connectivity index (χ4n) is 4.02. The van der Waals surface area contributed by atoms with Crippen LogP contribution in [-0.2, 0) is 13.8 Å². The first-order chi connectivity index (χ1) is 14.4. The first-order valence-electron chi connectivity index (χ1n) is 9.02. The van der Waals surface area contributed by atoms with Gasteiger partial charge in [0.25, 0.3) is 0 Å². The summed E-state index contributed by atoms with van der Waals surface area (Å²) in [5.74, 6) is 0.492. The Bertz CT molecular complexity index is 1130. The molecular weight excluding hydrogens is 418 g/mol. The van der Waals surface area contributed by atoms with Crippen molar-refractivity contribution < 1.29 is 33.0 Å². The molecule has 1 saturated heterocycles. The molecule has 0 amide bonds. The smallest absolute Gasteiger partial charge is 0.387 e. The summed E-state index contributed by atoms with van der Waals surface area (Å²) < 4.78 is 43.7. The number of benzene rings is 1. The molecule has 4 N–H and O–H groups in total. The van der Waals surface area contributed by atoms with Gasteiger partial charge in [0.1, 0.15) is 30.7 Å². The van der Waals surface area contributed by atoms with E-state index in [0.717, 1.165) is 0 Å². The van der Waals surface area contributed by atoms with Gasteiger partial charge in [0.15, 0.2) is 28.9 Å². The Morgan fingerprint density at radius 2 is 2.07 bits per heavy atom. The van der Waals surface area contributed by atoms with Gasteiger partial charge in [-0.15, -0.1) is 4.52 Å². The summed E-state index contributed by atoms with van der Waals surface area (Å²) in [6.45, 7) is -1.17. The predicted molar refractivity (Wildman–Crippen MR) is 100 cm³/mol. The molecule has 12 heteroatoms. The highest BCUT2D eigenvalue weighted by molar-refractivity contribution is 7.33. The first-order valence-corrected chi connectivity index (χ1v) is 10.1. The van der Waals surface area contributed by atoms with Crippen molar-refractivity contribution >= 4 is 19.6 Å². The number of ether oxygens (including phenoxy) is 1. The topological polar surface area (TPSA) is 141 Å². The number of hydrogen-bond acceptors (Lipinski definition) is 9. The molecule has 2 aliphatic rings. The van der Waals surface area contributed by atoms with Crippen LogP contribution in [-0.4, -0.2) is 54.9 Å². The fraction of sp³-hybridized carbons (Fsp3) is 0.333. The Balaban J connectivity index is 1.38. The number of hydrogen-bond donors (Lipinski definition) is 3. The van der Waals surface area contributed by atoms with E-state index in [1.54, 1.807) is 42.5 Å². The molecule has 2 aromatic heterocycles. The summed E-state index contributed by atoms with van der Waals surface area (Å²) in [5, 5.41) is 25.8. The Morgan fingerprint density at radius 1 is 1.30 bits per heavy atom. The highest BCUT2D eigenvalue weighted by Crippen LogP contribution is 2.66. The average molecular weight is 435 g/mol. The van der Waals surface area contributed by atoms with Crippen LogP contribution in [0, 0.1) is 0 Å². The number of alkyl halides is 1. The monoisotopic (exact) mass is 435 g/mol. The van der Waals surface area contributed by atoms with Crippen LogP contribution in [0.1, 0.15) is 11.8 Å². The molecule has 1 saturated carbocycles. The Labute approximate surface area is 170 Å². The molecule has 2 unspecified atom stereocenters. The molecular formula is C18H17FN4O6P+. The van der Waals surface area contributed by atoms with E-state index in [-0.39, 0.29) is 11.6 Å². The summed E-state index contributed by atoms with van der Waals surface area (Å²) in [7, 11) is -2.75. The maximum Gasteiger partial charge on any atom is 0.750 e. The molecule has 0 spiro atoms. The molecule has 30 heavy (non-hydrogen) atoms. The Kier molecular flexibility index (Phi) is 4.28. The van der Waals surface area contributed by atoms with Crippen LogP contribution in [0.3, 0.4) is 0 Å². The molecule has 10 nitrogen and oxygen atoms in total. The van der Waals surface area contributed by atoms with Crippen molar-refractivity contribution in [3.8, 4) is 5.75 Å². The summed E-state index contributed by atoms with van der Waals surface area (Å²) in [4.78, 5) is 3.88. The number of anilines is 1. The van der Waals surface area contributed by atoms with Gasteiger partial charge < -0.3 is 20.7 Å². The van der Waals surface area contributed by atoms with Gasteiger partial charge >= 0.3 is 8.25 Å². The van der Waals surface area contributed by atoms with E-state index in [1.807, 2.05) is 0 Å². The third-order valence-electron chi connectivity index (χ3n) is 5.61. The summed E-state index contributed by atoms with van der Waals surface area (Å²) in [5.41, 5.74) is 2.63. The molecule has 1 aliphatic carbocycles. The number of nitrogens with two attached hydrogens (primary N) is 1. The molecule has 3 aromatic rings. The van der Waals surface area contributed by atoms with E-state index in [9.17, 15) is 19.2 Å². The number of aromatic nitrogens is 3. The largest absolute Gasteiger partial charge is 0.750 e. The molecule has 3 heterocycles. The fourth-order valence-corrected chi connectivity index (χ4v) is 4.86. The van der Waals surface area contributed by atoms with E-state index >= 15 is 0 Å². The standard InChI is InChI=1S/C18H17FN4O6P/c19-8-17-16(29-30(26)28-10-4-2-1-3-5-10)18(17,25)14(24)13(27-17)11-6-7-12-15(20)21-9-22-23(11)12/h1-7,9,13-14,16,24-25H,8H2,(H2,20,21,22)/q+1/t13-,14-,16?,17+,18+/m0/s1. The van der Waals surface area contributed by atoms with Gasteiger partial charge in [0.05, 0.1) is 5.69 Å². The third-order valence-corrected chi connectivity index (χ3v) is 6.35. The molecule has 0 bridgehead atoms. The van der Waals surface area contributed by atoms with Crippen molar-refractivity contribution in [2.45, 2.75) is 29.5 Å². The minimum absolute atomic E-state index is 0.212. The van der Waals surface area contributed by atoms with Crippen LogP contribution >= 0.6 is 8.25 Å². The summed E-state index contributed by atoms with van der Waals surface area (Å²) in [6.07, 6.45) is -2.84. The number of nitrogen functional groups attached to an aromatic ring is 1. The molecule has 1 aromatic carbocycles. The maximum absolute atomic E-state index is 14.0. The minimum Gasteiger partial charge on any atom is -0.387 e. The quantitative estimate of drug-likeness (QED) is 0.489. The number of aliphatic hydroxyl groups excluding tert-OH is 1. The number of para-hydroxylation sites is 1. The lowest BCUT2D eigenvalue weighted by atomic mass is 10.0. The highest BCUT2D eigenvalue weighted by atomic mass is 31.1. The second-order valence-corrected chi connectivity index (χ2v) is 7.99. The van der Waals surface area contributed by atoms with Crippen LogP contribution in [0.15, 0.2) is 48.8 Å². The van der Waals surface area contributed by atoms with Gasteiger partial charge in [-0.3, -0.25) is 0 Å². The van der Waals surface area contributed by atoms with E-state index in [1.165, 1.54) is 10.8 Å². The highest BCUT2D eigenvalue weighted by Gasteiger charge is 2.91. The average Bonchev–Trinajstić information content (AvgIpc) is 3.01. The number of aliphatic hydroxyl groups is 2. The number of nitrogens with zero attached hydrogens (tertiary/aromatic N) is 3. The Morgan fingerprint density at radius 3 is 2.77 bits per heavy atom. The number of halogens is 1. The van der Waals surface area contributed by atoms with Crippen molar-refractivity contribution in [2.75, 3.05) is 12.4 Å². The zero-order chi connectivity index (χ0) is 21.1. The lowest BCUT2D eigenvalue weighted by Gasteiger charge is -2.21. The first kappa shape index (κ1) is 19.3. The van der Waals surface area contributed by atoms with E-state index < -0.39 is 44.4 Å². The molecule has 2 fully saturated rings. The molecule has 5 rings (SSSR count). The van der Waals surface area contributed by atoms with Crippen molar-refractivity contribution in [1.29, 1.82) is 0 Å². The number of rotatable bonds is 6. The maximum atomic E-state index is 14.0. The molecule has 0 radical (unpaired) electrons. The predicted octanol–water partition coefficient (Wildman–Crippen LogP) is 1.32. The molecule has 6 atom stereocenters. The number of fused-ring (bicyclic) bond motifs is 2. The van der Waals surface area contributed by atoms with Crippen molar-refractivity contribution in [3.63, 3.8) is 0 Å². The van der Waals surface area contributed by atoms with Crippen LogP contribution in [0.2, 0.25) is 0 Å². The molecule has 1 aliphatic heterocycles. The van der Waals surface area contributed by atoms with Gasteiger partial charge in [-0.25, -0.2) is 18.4 Å². The van der Waals surface area contributed by atoms with Gasteiger partial charge in [0, 0.05) is 4.57 Å². The van der Waals surface area contributed by atoms with E-state index in [0.29, 0.717) is 11.2 Å². The second kappa shape index (κ2) is 6.66. The van der Waals surface area contributed by atoms with Crippen LogP contribution < -0.4 is 10.3 Å². The van der Waals surface area contributed by atoms with Gasteiger partial charge in [-0.1, -0.05) is 18.2 Å². The Hall–Kier alpha value is -2.69. The van der Waals surface area contributed by atoms with Gasteiger partial charge in [-0.2, -0.15) is 5.10 Å². The summed E-state index contributed by atoms with van der Waals surface area (Å²) >= 11 is 0. The zero-order valence-corrected chi connectivity index (χ0v) is 16.2. The van der Waals surface area contributed by atoms with E-state index in [4.69, 9.17) is 19.5 Å². The van der Waals surface area contributed by atoms with Crippen LogP contribution in [0.25, 0.3) is 5.52 Å². The van der Waals surface area contributed by atoms with Gasteiger partial charge in [-0.05, 0) is 24.3 Å². The van der Waals surface area contributed by atoms with Crippen molar-refractivity contribution in [3.05, 3.63) is 54.5 Å². The second-order valence-electron chi connectivity index (χ2n) is 7.15. The summed E-state index contributed by atoms with van der Waals surface area (Å²) in [6, 6.07) is 11.4. The minimum atomic E-state index is -2.75. The lowest BCUT2D eigenvalue weighted by Crippen LogP contribution is -2.35. The normalized spacial score (nSPS) is 32.8. The van der Waals surface area contributed by atoms with Crippen LogP contribution in [0.4, 0.5) is 10.2 Å². The zero-order valence-electron chi connectivity index (χ0n) is 15.3. The van der Waals surface area contributed by atoms with Crippen molar-refractivity contribution in [2.24, 2.45) is 0 Å². The van der Waals surface area contributed by atoms with Gasteiger partial charge in [0.2, 0.25) is 0 Å². The molecule has 156 valence electrons. The third kappa shape index (κ3) is 2.50. The SMILES string of the molecule is Nc1ncnn2c([C@@H]3O[C@]4(CF)C(O[P+](=O)Oc5ccccc5)[C@]4(O)[C@H]3O)ccc12. The van der Waals surface area contributed by atoms with E-state index in [2.05, 4.69) is 10.1 Å².